The lowest BCUT2D eigenvalue weighted by Gasteiger charge is -2.16. The van der Waals surface area contributed by atoms with Crippen molar-refractivity contribution in [1.29, 1.82) is 0 Å². The van der Waals surface area contributed by atoms with Crippen molar-refractivity contribution in [2.75, 3.05) is 5.32 Å². The molecule has 0 bridgehead atoms. The first-order valence-corrected chi connectivity index (χ1v) is 15.2. The molecular formula is C43H31N. The van der Waals surface area contributed by atoms with Gasteiger partial charge in [-0.25, -0.2) is 0 Å². The normalized spacial score (nSPS) is 11.3. The zero-order valence-electron chi connectivity index (χ0n) is 24.6. The van der Waals surface area contributed by atoms with Crippen LogP contribution < -0.4 is 5.32 Å². The molecule has 8 aromatic rings. The van der Waals surface area contributed by atoms with Gasteiger partial charge in [-0.2, -0.15) is 0 Å². The standard InChI is InChI=1S/C43H31N/c1-29-22-23-32(27-41(29)40-20-9-10-21-43(40)44-34-14-3-2-4-15-34)30-12-11-13-31(26-30)33-24-25-39-37-18-6-5-16-35(37)36-17-7-8-19-38(36)42(39)28-33/h2-28,44H,1H3. The van der Waals surface area contributed by atoms with Crippen LogP contribution in [0.5, 0.6) is 0 Å². The van der Waals surface area contributed by atoms with E-state index < -0.39 is 0 Å². The largest absolute Gasteiger partial charge is 0.355 e. The average Bonchev–Trinajstić information content (AvgIpc) is 3.09. The summed E-state index contributed by atoms with van der Waals surface area (Å²) >= 11 is 0. The van der Waals surface area contributed by atoms with E-state index >= 15 is 0 Å². The van der Waals surface area contributed by atoms with Crippen LogP contribution in [-0.2, 0) is 0 Å². The number of nitrogens with one attached hydrogen (secondary N) is 1. The third-order valence-electron chi connectivity index (χ3n) is 8.78. The SMILES string of the molecule is Cc1ccc(-c2cccc(-c3ccc4c5ccccc5c5ccccc5c4c3)c2)cc1-c1ccccc1Nc1ccccc1. The fraction of sp³-hybridized carbons (Fsp3) is 0.0233. The molecule has 1 nitrogen and oxygen atoms in total. The smallest absolute Gasteiger partial charge is 0.0464 e. The number of anilines is 2. The summed E-state index contributed by atoms with van der Waals surface area (Å²) in [6, 6.07) is 59.2. The Labute approximate surface area is 258 Å². The third kappa shape index (κ3) is 4.60. The molecule has 0 aliphatic rings. The second kappa shape index (κ2) is 10.9. The van der Waals surface area contributed by atoms with Gasteiger partial charge in [0, 0.05) is 16.9 Å². The molecular weight excluding hydrogens is 530 g/mol. The summed E-state index contributed by atoms with van der Waals surface area (Å²) in [7, 11) is 0. The molecule has 44 heavy (non-hydrogen) atoms. The Morgan fingerprint density at radius 3 is 1.57 bits per heavy atom. The van der Waals surface area contributed by atoms with Crippen molar-refractivity contribution in [3.05, 3.63) is 169 Å². The molecule has 0 saturated heterocycles. The first kappa shape index (κ1) is 26.0. The molecule has 0 heterocycles. The van der Waals surface area contributed by atoms with Crippen LogP contribution in [0.2, 0.25) is 0 Å². The van der Waals surface area contributed by atoms with Crippen LogP contribution in [0, 0.1) is 6.92 Å². The monoisotopic (exact) mass is 561 g/mol. The summed E-state index contributed by atoms with van der Waals surface area (Å²) in [6.07, 6.45) is 0. The highest BCUT2D eigenvalue weighted by Crippen LogP contribution is 2.39. The number of benzene rings is 8. The van der Waals surface area contributed by atoms with Crippen LogP contribution in [0.3, 0.4) is 0 Å². The van der Waals surface area contributed by atoms with Gasteiger partial charge in [0.05, 0.1) is 0 Å². The Bertz CT molecular complexity index is 2280. The maximum Gasteiger partial charge on any atom is 0.0464 e. The molecule has 1 heteroatoms. The van der Waals surface area contributed by atoms with Gasteiger partial charge in [-0.05, 0) is 109 Å². The summed E-state index contributed by atoms with van der Waals surface area (Å²) < 4.78 is 0. The summed E-state index contributed by atoms with van der Waals surface area (Å²) in [5.41, 5.74) is 10.7. The molecule has 0 aliphatic carbocycles. The highest BCUT2D eigenvalue weighted by atomic mass is 14.9. The van der Waals surface area contributed by atoms with E-state index in [1.165, 1.54) is 71.3 Å². The van der Waals surface area contributed by atoms with Crippen molar-refractivity contribution >= 4 is 43.7 Å². The Kier molecular flexibility index (Phi) is 6.43. The quantitative estimate of drug-likeness (QED) is 0.206. The Balaban J connectivity index is 1.22. The molecule has 8 aromatic carbocycles. The van der Waals surface area contributed by atoms with Gasteiger partial charge < -0.3 is 5.32 Å². The van der Waals surface area contributed by atoms with Crippen LogP contribution in [0.15, 0.2) is 164 Å². The molecule has 8 rings (SSSR count). The third-order valence-corrected chi connectivity index (χ3v) is 8.78. The second-order valence-corrected chi connectivity index (χ2v) is 11.5. The summed E-state index contributed by atoms with van der Waals surface area (Å²) in [5.74, 6) is 0. The Morgan fingerprint density at radius 1 is 0.341 bits per heavy atom. The van der Waals surface area contributed by atoms with Crippen molar-refractivity contribution in [3.8, 4) is 33.4 Å². The molecule has 0 unspecified atom stereocenters. The minimum atomic E-state index is 1.08. The summed E-state index contributed by atoms with van der Waals surface area (Å²) in [5, 5.41) is 11.4. The van der Waals surface area contributed by atoms with Crippen LogP contribution in [0.1, 0.15) is 5.56 Å². The lowest BCUT2D eigenvalue weighted by atomic mass is 9.91. The lowest BCUT2D eigenvalue weighted by Crippen LogP contribution is -1.94. The van der Waals surface area contributed by atoms with E-state index in [1.807, 2.05) is 6.07 Å². The zero-order chi connectivity index (χ0) is 29.5. The van der Waals surface area contributed by atoms with E-state index in [-0.39, 0.29) is 0 Å². The molecule has 0 spiro atoms. The average molecular weight is 562 g/mol. The van der Waals surface area contributed by atoms with Gasteiger partial charge >= 0.3 is 0 Å². The van der Waals surface area contributed by atoms with Crippen LogP contribution in [0.4, 0.5) is 11.4 Å². The topological polar surface area (TPSA) is 12.0 Å². The first-order chi connectivity index (χ1) is 21.7. The van der Waals surface area contributed by atoms with Gasteiger partial charge in [-0.1, -0.05) is 127 Å². The minimum Gasteiger partial charge on any atom is -0.355 e. The Morgan fingerprint density at radius 2 is 0.864 bits per heavy atom. The maximum atomic E-state index is 3.63. The van der Waals surface area contributed by atoms with Gasteiger partial charge in [0.25, 0.3) is 0 Å². The van der Waals surface area contributed by atoms with Crippen molar-refractivity contribution in [3.63, 3.8) is 0 Å². The number of rotatable bonds is 5. The number of fused-ring (bicyclic) bond motifs is 6. The van der Waals surface area contributed by atoms with E-state index in [0.29, 0.717) is 0 Å². The maximum absolute atomic E-state index is 3.63. The summed E-state index contributed by atoms with van der Waals surface area (Å²) in [4.78, 5) is 0. The number of hydrogen-bond acceptors (Lipinski definition) is 1. The van der Waals surface area contributed by atoms with Crippen molar-refractivity contribution < 1.29 is 0 Å². The van der Waals surface area contributed by atoms with Crippen LogP contribution >= 0.6 is 0 Å². The highest BCUT2D eigenvalue weighted by molar-refractivity contribution is 6.25. The van der Waals surface area contributed by atoms with Gasteiger partial charge in [-0.3, -0.25) is 0 Å². The van der Waals surface area contributed by atoms with Crippen molar-refractivity contribution in [1.82, 2.24) is 0 Å². The second-order valence-electron chi connectivity index (χ2n) is 11.5. The molecule has 1 N–H and O–H groups in total. The highest BCUT2D eigenvalue weighted by Gasteiger charge is 2.12. The lowest BCUT2D eigenvalue weighted by molar-refractivity contribution is 1.44. The minimum absolute atomic E-state index is 1.08. The van der Waals surface area contributed by atoms with Crippen molar-refractivity contribution in [2.45, 2.75) is 6.92 Å². The molecule has 0 atom stereocenters. The predicted molar refractivity (Wildman–Crippen MR) is 190 cm³/mol. The van der Waals surface area contributed by atoms with Crippen LogP contribution in [0.25, 0.3) is 65.7 Å². The van der Waals surface area contributed by atoms with E-state index in [1.54, 1.807) is 0 Å². The zero-order valence-corrected chi connectivity index (χ0v) is 24.6. The van der Waals surface area contributed by atoms with Crippen LogP contribution in [-0.4, -0.2) is 0 Å². The number of para-hydroxylation sites is 2. The molecule has 0 aliphatic heterocycles. The van der Waals surface area contributed by atoms with Crippen molar-refractivity contribution in [2.24, 2.45) is 0 Å². The Hall–Kier alpha value is -5.66. The number of hydrogen-bond donors (Lipinski definition) is 1. The van der Waals surface area contributed by atoms with E-state index in [2.05, 4.69) is 170 Å². The summed E-state index contributed by atoms with van der Waals surface area (Å²) in [6.45, 7) is 2.19. The van der Waals surface area contributed by atoms with Gasteiger partial charge in [0.2, 0.25) is 0 Å². The van der Waals surface area contributed by atoms with Gasteiger partial charge in [-0.15, -0.1) is 0 Å². The molecule has 0 radical (unpaired) electrons. The van der Waals surface area contributed by atoms with E-state index in [9.17, 15) is 0 Å². The molecule has 0 aromatic heterocycles. The molecule has 208 valence electrons. The predicted octanol–water partition coefficient (Wildman–Crippen LogP) is 12.2. The molecule has 0 fully saturated rings. The number of aryl methyl sites for hydroxylation is 1. The van der Waals surface area contributed by atoms with Gasteiger partial charge in [0.1, 0.15) is 0 Å². The van der Waals surface area contributed by atoms with E-state index in [0.717, 1.165) is 11.4 Å². The van der Waals surface area contributed by atoms with E-state index in [4.69, 9.17) is 0 Å². The molecule has 0 saturated carbocycles. The molecule has 0 amide bonds. The van der Waals surface area contributed by atoms with Gasteiger partial charge in [0.15, 0.2) is 0 Å². The first-order valence-electron chi connectivity index (χ1n) is 15.2. The fourth-order valence-electron chi connectivity index (χ4n) is 6.56. The fourth-order valence-corrected chi connectivity index (χ4v) is 6.56.